The van der Waals surface area contributed by atoms with Gasteiger partial charge >= 0.3 is 0 Å². The number of nitrogens with two attached hydrogens (primary N) is 1. The van der Waals surface area contributed by atoms with Crippen LogP contribution in [0.4, 0.5) is 0 Å². The van der Waals surface area contributed by atoms with Gasteiger partial charge in [0.05, 0.1) is 19.8 Å². The van der Waals surface area contributed by atoms with Crippen LogP contribution in [0.25, 0.3) is 0 Å². The Hall–Kier alpha value is -1.13. The van der Waals surface area contributed by atoms with Crippen molar-refractivity contribution in [3.8, 4) is 5.88 Å². The first kappa shape index (κ1) is 11.4. The quantitative estimate of drug-likeness (QED) is 0.838. The van der Waals surface area contributed by atoms with Crippen LogP contribution >= 0.6 is 0 Å². The smallest absolute Gasteiger partial charge is 0.218 e. The third kappa shape index (κ3) is 2.71. The fraction of sp³-hybridized carbons (Fsp3) is 0.583. The summed E-state index contributed by atoms with van der Waals surface area (Å²) in [6.45, 7) is 0.550. The van der Waals surface area contributed by atoms with Crippen LogP contribution in [0.1, 0.15) is 24.8 Å². The molecule has 1 aliphatic rings. The first-order valence-electron chi connectivity index (χ1n) is 5.64. The SMILES string of the molecule is COc1ncccc1COC1CCC(N)C1. The van der Waals surface area contributed by atoms with E-state index in [1.165, 1.54) is 0 Å². The molecule has 2 N–H and O–H groups in total. The first-order chi connectivity index (χ1) is 7.79. The number of rotatable bonds is 4. The van der Waals surface area contributed by atoms with E-state index in [-0.39, 0.29) is 0 Å². The lowest BCUT2D eigenvalue weighted by Crippen LogP contribution is -2.17. The van der Waals surface area contributed by atoms with E-state index in [1.54, 1.807) is 13.3 Å². The molecule has 0 amide bonds. The van der Waals surface area contributed by atoms with Crippen molar-refractivity contribution < 1.29 is 9.47 Å². The maximum absolute atomic E-state index is 5.83. The van der Waals surface area contributed by atoms with E-state index in [0.717, 1.165) is 24.8 Å². The van der Waals surface area contributed by atoms with E-state index in [4.69, 9.17) is 15.2 Å². The molecule has 16 heavy (non-hydrogen) atoms. The molecule has 1 saturated carbocycles. The highest BCUT2D eigenvalue weighted by Crippen LogP contribution is 2.23. The molecule has 2 atom stereocenters. The predicted molar refractivity (Wildman–Crippen MR) is 61.2 cm³/mol. The van der Waals surface area contributed by atoms with Crippen LogP contribution in [-0.4, -0.2) is 24.2 Å². The number of hydrogen-bond acceptors (Lipinski definition) is 4. The largest absolute Gasteiger partial charge is 0.481 e. The van der Waals surface area contributed by atoms with Crippen LogP contribution in [0.3, 0.4) is 0 Å². The highest BCUT2D eigenvalue weighted by molar-refractivity contribution is 5.24. The first-order valence-corrected chi connectivity index (χ1v) is 5.64. The second-order valence-corrected chi connectivity index (χ2v) is 4.18. The Labute approximate surface area is 95.8 Å². The fourth-order valence-electron chi connectivity index (χ4n) is 2.05. The zero-order chi connectivity index (χ0) is 11.4. The third-order valence-electron chi connectivity index (χ3n) is 2.94. The summed E-state index contributed by atoms with van der Waals surface area (Å²) in [6, 6.07) is 4.17. The van der Waals surface area contributed by atoms with Gasteiger partial charge in [0, 0.05) is 17.8 Å². The number of nitrogens with zero attached hydrogens (tertiary/aromatic N) is 1. The van der Waals surface area contributed by atoms with Crippen LogP contribution in [0.5, 0.6) is 5.88 Å². The number of aromatic nitrogens is 1. The Morgan fingerprint density at radius 2 is 2.38 bits per heavy atom. The second-order valence-electron chi connectivity index (χ2n) is 4.18. The minimum atomic E-state index is 0.292. The van der Waals surface area contributed by atoms with Gasteiger partial charge < -0.3 is 15.2 Å². The maximum atomic E-state index is 5.83. The van der Waals surface area contributed by atoms with Crippen molar-refractivity contribution in [3.05, 3.63) is 23.9 Å². The summed E-state index contributed by atoms with van der Waals surface area (Å²) in [5.41, 5.74) is 6.82. The van der Waals surface area contributed by atoms with E-state index >= 15 is 0 Å². The van der Waals surface area contributed by atoms with Crippen molar-refractivity contribution in [1.82, 2.24) is 4.98 Å². The predicted octanol–water partition coefficient (Wildman–Crippen LogP) is 1.49. The zero-order valence-corrected chi connectivity index (χ0v) is 9.56. The number of hydrogen-bond donors (Lipinski definition) is 1. The van der Waals surface area contributed by atoms with Gasteiger partial charge in [-0.25, -0.2) is 4.98 Å². The molecule has 1 aliphatic carbocycles. The van der Waals surface area contributed by atoms with Crippen LogP contribution in [0.15, 0.2) is 18.3 Å². The molecule has 0 radical (unpaired) electrons. The van der Waals surface area contributed by atoms with Gasteiger partial charge in [0.2, 0.25) is 5.88 Å². The van der Waals surface area contributed by atoms with Gasteiger partial charge in [-0.2, -0.15) is 0 Å². The van der Waals surface area contributed by atoms with Gasteiger partial charge in [0.15, 0.2) is 0 Å². The Morgan fingerprint density at radius 3 is 3.06 bits per heavy atom. The molecule has 4 heteroatoms. The summed E-state index contributed by atoms with van der Waals surface area (Å²) in [6.07, 6.45) is 5.09. The summed E-state index contributed by atoms with van der Waals surface area (Å²) in [5.74, 6) is 0.643. The van der Waals surface area contributed by atoms with E-state index in [2.05, 4.69) is 4.98 Å². The van der Waals surface area contributed by atoms with Crippen molar-refractivity contribution in [1.29, 1.82) is 0 Å². The molecule has 1 fully saturated rings. The van der Waals surface area contributed by atoms with E-state index < -0.39 is 0 Å². The average molecular weight is 222 g/mol. The molecule has 0 bridgehead atoms. The van der Waals surface area contributed by atoms with Gasteiger partial charge in [-0.1, -0.05) is 0 Å². The lowest BCUT2D eigenvalue weighted by Gasteiger charge is -2.12. The van der Waals surface area contributed by atoms with Crippen LogP contribution in [0, 0.1) is 0 Å². The monoisotopic (exact) mass is 222 g/mol. The topological polar surface area (TPSA) is 57.4 Å². The van der Waals surface area contributed by atoms with Gasteiger partial charge in [-0.15, -0.1) is 0 Å². The molecule has 1 aromatic rings. The van der Waals surface area contributed by atoms with Gasteiger partial charge in [-0.05, 0) is 31.4 Å². The van der Waals surface area contributed by atoms with Gasteiger partial charge in [0.1, 0.15) is 0 Å². The second kappa shape index (κ2) is 5.27. The molecule has 88 valence electrons. The summed E-state index contributed by atoms with van der Waals surface area (Å²) in [5, 5.41) is 0. The van der Waals surface area contributed by atoms with Crippen molar-refractivity contribution in [2.45, 2.75) is 38.0 Å². The van der Waals surface area contributed by atoms with Crippen molar-refractivity contribution in [3.63, 3.8) is 0 Å². The Balaban J connectivity index is 1.89. The van der Waals surface area contributed by atoms with E-state index in [9.17, 15) is 0 Å². The van der Waals surface area contributed by atoms with Gasteiger partial charge in [0.25, 0.3) is 0 Å². The molecule has 0 aliphatic heterocycles. The molecule has 2 rings (SSSR count). The minimum Gasteiger partial charge on any atom is -0.481 e. The maximum Gasteiger partial charge on any atom is 0.218 e. The van der Waals surface area contributed by atoms with Crippen molar-refractivity contribution in [2.24, 2.45) is 5.73 Å². The number of methoxy groups -OCH3 is 1. The molecule has 0 aromatic carbocycles. The molecular weight excluding hydrogens is 204 g/mol. The average Bonchev–Trinajstić information content (AvgIpc) is 2.73. The Morgan fingerprint density at radius 1 is 1.50 bits per heavy atom. The molecule has 1 aromatic heterocycles. The normalized spacial score (nSPS) is 24.6. The van der Waals surface area contributed by atoms with Crippen LogP contribution in [-0.2, 0) is 11.3 Å². The number of pyridine rings is 1. The summed E-state index contributed by atoms with van der Waals surface area (Å²) in [4.78, 5) is 4.13. The zero-order valence-electron chi connectivity index (χ0n) is 9.56. The lowest BCUT2D eigenvalue weighted by molar-refractivity contribution is 0.0435. The summed E-state index contributed by atoms with van der Waals surface area (Å²) >= 11 is 0. The standard InChI is InChI=1S/C12H18N2O2/c1-15-12-9(3-2-6-14-12)8-16-11-5-4-10(13)7-11/h2-3,6,10-11H,4-5,7-8,13H2,1H3. The summed E-state index contributed by atoms with van der Waals surface area (Å²) in [7, 11) is 1.62. The van der Waals surface area contributed by atoms with Gasteiger partial charge in [-0.3, -0.25) is 0 Å². The summed E-state index contributed by atoms with van der Waals surface area (Å²) < 4.78 is 11.0. The Bertz CT molecular complexity index is 344. The van der Waals surface area contributed by atoms with Crippen molar-refractivity contribution in [2.75, 3.05) is 7.11 Å². The molecule has 0 spiro atoms. The minimum absolute atomic E-state index is 0.292. The van der Waals surface area contributed by atoms with E-state index in [1.807, 2.05) is 12.1 Å². The van der Waals surface area contributed by atoms with Crippen LogP contribution < -0.4 is 10.5 Å². The highest BCUT2D eigenvalue weighted by atomic mass is 16.5. The van der Waals surface area contributed by atoms with Crippen molar-refractivity contribution >= 4 is 0 Å². The highest BCUT2D eigenvalue weighted by Gasteiger charge is 2.22. The van der Waals surface area contributed by atoms with E-state index in [0.29, 0.717) is 24.6 Å². The molecule has 4 nitrogen and oxygen atoms in total. The lowest BCUT2D eigenvalue weighted by atomic mass is 10.2. The molecular formula is C12H18N2O2. The fourth-order valence-corrected chi connectivity index (χ4v) is 2.05. The Kier molecular flexibility index (Phi) is 3.74. The third-order valence-corrected chi connectivity index (χ3v) is 2.94. The number of ether oxygens (including phenoxy) is 2. The molecule has 2 unspecified atom stereocenters. The van der Waals surface area contributed by atoms with Crippen LogP contribution in [0.2, 0.25) is 0 Å². The molecule has 0 saturated heterocycles. The molecule has 1 heterocycles.